The van der Waals surface area contributed by atoms with Crippen LogP contribution in [0.1, 0.15) is 29.6 Å². The van der Waals surface area contributed by atoms with Gasteiger partial charge in [-0.1, -0.05) is 0 Å². The maximum Gasteiger partial charge on any atom is 0.310 e. The molecule has 0 radical (unpaired) electrons. The molecule has 0 saturated carbocycles. The average molecular weight is 322 g/mol. The molecule has 1 saturated heterocycles. The van der Waals surface area contributed by atoms with Crippen LogP contribution in [-0.2, 0) is 4.79 Å². The second-order valence-electron chi connectivity index (χ2n) is 5.48. The first kappa shape index (κ1) is 16.7. The molecule has 1 heterocycles. The highest BCUT2D eigenvalue weighted by atomic mass is 16.6. The lowest BCUT2D eigenvalue weighted by atomic mass is 9.93. The number of ether oxygens (including phenoxy) is 1. The van der Waals surface area contributed by atoms with Crippen molar-refractivity contribution in [1.82, 2.24) is 4.90 Å². The number of nitro benzene ring substituents is 1. The van der Waals surface area contributed by atoms with Gasteiger partial charge in [0, 0.05) is 37.2 Å². The molecule has 0 bridgehead atoms. The summed E-state index contributed by atoms with van der Waals surface area (Å²) >= 11 is 0. The van der Waals surface area contributed by atoms with Crippen LogP contribution in [0, 0.1) is 16.0 Å². The van der Waals surface area contributed by atoms with E-state index in [9.17, 15) is 19.7 Å². The third-order valence-electron chi connectivity index (χ3n) is 3.99. The number of carboxylic acid groups (broad SMARTS) is 1. The van der Waals surface area contributed by atoms with Gasteiger partial charge in [-0.3, -0.25) is 19.7 Å². The maximum absolute atomic E-state index is 12.5. The van der Waals surface area contributed by atoms with Gasteiger partial charge in [0.15, 0.2) is 5.75 Å². The lowest BCUT2D eigenvalue weighted by Crippen LogP contribution is -2.38. The van der Waals surface area contributed by atoms with E-state index in [4.69, 9.17) is 9.84 Å². The number of nitrogens with zero attached hydrogens (tertiary/aromatic N) is 2. The topological polar surface area (TPSA) is 110 Å². The quantitative estimate of drug-likeness (QED) is 0.655. The number of nitro groups is 1. The van der Waals surface area contributed by atoms with E-state index >= 15 is 0 Å². The average Bonchev–Trinajstić information content (AvgIpc) is 2.53. The third-order valence-corrected chi connectivity index (χ3v) is 3.99. The normalized spacial score (nSPS) is 15.3. The fourth-order valence-corrected chi connectivity index (χ4v) is 2.73. The molecule has 1 amide bonds. The minimum absolute atomic E-state index is 0.0432. The fourth-order valence-electron chi connectivity index (χ4n) is 2.73. The Kier molecular flexibility index (Phi) is 5.15. The van der Waals surface area contributed by atoms with E-state index in [1.165, 1.54) is 25.3 Å². The number of benzene rings is 1. The van der Waals surface area contributed by atoms with E-state index in [0.29, 0.717) is 31.5 Å². The first-order valence-electron chi connectivity index (χ1n) is 7.26. The Hall–Kier alpha value is -2.64. The summed E-state index contributed by atoms with van der Waals surface area (Å²) in [7, 11) is 1.31. The minimum Gasteiger partial charge on any atom is -0.490 e. The summed E-state index contributed by atoms with van der Waals surface area (Å²) in [6, 6.07) is 4.03. The van der Waals surface area contributed by atoms with Crippen molar-refractivity contribution < 1.29 is 24.4 Å². The Morgan fingerprint density at radius 2 is 2.04 bits per heavy atom. The van der Waals surface area contributed by atoms with Crippen LogP contribution in [0.25, 0.3) is 0 Å². The minimum atomic E-state index is -0.824. The Labute approximate surface area is 132 Å². The van der Waals surface area contributed by atoms with Crippen LogP contribution in [-0.4, -0.2) is 47.0 Å². The molecule has 8 nitrogen and oxygen atoms in total. The number of piperidine rings is 1. The molecule has 0 unspecified atom stereocenters. The summed E-state index contributed by atoms with van der Waals surface area (Å²) in [6.45, 7) is 0.964. The van der Waals surface area contributed by atoms with Crippen molar-refractivity contribution in [1.29, 1.82) is 0 Å². The van der Waals surface area contributed by atoms with Gasteiger partial charge in [-0.05, 0) is 24.8 Å². The predicted molar refractivity (Wildman–Crippen MR) is 80.5 cm³/mol. The highest BCUT2D eigenvalue weighted by Crippen LogP contribution is 2.29. The zero-order valence-corrected chi connectivity index (χ0v) is 12.7. The molecule has 1 aromatic rings. The van der Waals surface area contributed by atoms with Crippen molar-refractivity contribution >= 4 is 17.6 Å². The number of carboxylic acids is 1. The molecular formula is C15H18N2O6. The van der Waals surface area contributed by atoms with E-state index in [0.717, 1.165) is 0 Å². The monoisotopic (exact) mass is 322 g/mol. The van der Waals surface area contributed by atoms with E-state index in [1.54, 1.807) is 4.90 Å². The Morgan fingerprint density at radius 1 is 1.39 bits per heavy atom. The standard InChI is InChI=1S/C15H18N2O6/c1-23-13-9-11(2-3-12(13)17(21)22)15(20)16-6-4-10(5-7-16)8-14(18)19/h2-3,9-10H,4-8H2,1H3,(H,18,19). The molecule has 8 heteroatoms. The van der Waals surface area contributed by atoms with Crippen molar-refractivity contribution in [2.45, 2.75) is 19.3 Å². The smallest absolute Gasteiger partial charge is 0.310 e. The highest BCUT2D eigenvalue weighted by Gasteiger charge is 2.26. The van der Waals surface area contributed by atoms with Gasteiger partial charge < -0.3 is 14.7 Å². The molecule has 0 aromatic heterocycles. The predicted octanol–water partition coefficient (Wildman–Crippen LogP) is 1.93. The number of carbonyl (C=O) groups is 2. The van der Waals surface area contributed by atoms with Crippen molar-refractivity contribution in [3.05, 3.63) is 33.9 Å². The van der Waals surface area contributed by atoms with E-state index in [2.05, 4.69) is 0 Å². The van der Waals surface area contributed by atoms with Crippen molar-refractivity contribution in [3.63, 3.8) is 0 Å². The molecule has 1 aliphatic heterocycles. The molecule has 0 aliphatic carbocycles. The van der Waals surface area contributed by atoms with Gasteiger partial charge in [-0.25, -0.2) is 0 Å². The largest absolute Gasteiger partial charge is 0.490 e. The summed E-state index contributed by atoms with van der Waals surface area (Å²) in [5.41, 5.74) is 0.133. The van der Waals surface area contributed by atoms with E-state index in [1.807, 2.05) is 0 Å². The molecule has 1 N–H and O–H groups in total. The second kappa shape index (κ2) is 7.08. The molecule has 1 aliphatic rings. The van der Waals surface area contributed by atoms with Crippen molar-refractivity contribution in [3.8, 4) is 5.75 Å². The number of hydrogen-bond donors (Lipinski definition) is 1. The van der Waals surface area contributed by atoms with Gasteiger partial charge in [0.2, 0.25) is 0 Å². The van der Waals surface area contributed by atoms with Crippen LogP contribution in [0.15, 0.2) is 18.2 Å². The van der Waals surface area contributed by atoms with Crippen LogP contribution in [0.3, 0.4) is 0 Å². The highest BCUT2D eigenvalue weighted by molar-refractivity contribution is 5.95. The molecule has 1 aromatic carbocycles. The fraction of sp³-hybridized carbons (Fsp3) is 0.467. The first-order valence-corrected chi connectivity index (χ1v) is 7.26. The summed E-state index contributed by atoms with van der Waals surface area (Å²) in [5, 5.41) is 19.7. The van der Waals surface area contributed by atoms with Gasteiger partial charge in [0.05, 0.1) is 12.0 Å². The number of methoxy groups -OCH3 is 1. The molecule has 124 valence electrons. The molecular weight excluding hydrogens is 304 g/mol. The van der Waals surface area contributed by atoms with Crippen LogP contribution in [0.4, 0.5) is 5.69 Å². The maximum atomic E-state index is 12.5. The van der Waals surface area contributed by atoms with Gasteiger partial charge in [0.25, 0.3) is 5.91 Å². The van der Waals surface area contributed by atoms with Crippen LogP contribution >= 0.6 is 0 Å². The number of rotatable bonds is 5. The summed E-state index contributed by atoms with van der Waals surface area (Å²) < 4.78 is 4.97. The number of likely N-dealkylation sites (tertiary alicyclic amines) is 1. The number of carbonyl (C=O) groups excluding carboxylic acids is 1. The zero-order chi connectivity index (χ0) is 17.0. The molecule has 0 atom stereocenters. The lowest BCUT2D eigenvalue weighted by Gasteiger charge is -2.31. The van der Waals surface area contributed by atoms with Gasteiger partial charge in [-0.15, -0.1) is 0 Å². The lowest BCUT2D eigenvalue weighted by molar-refractivity contribution is -0.385. The first-order chi connectivity index (χ1) is 10.9. The summed E-state index contributed by atoms with van der Waals surface area (Å²) in [6.07, 6.45) is 1.40. The molecule has 1 fully saturated rings. The van der Waals surface area contributed by atoms with Gasteiger partial charge in [-0.2, -0.15) is 0 Å². The van der Waals surface area contributed by atoms with Crippen molar-refractivity contribution in [2.75, 3.05) is 20.2 Å². The van der Waals surface area contributed by atoms with Crippen molar-refractivity contribution in [2.24, 2.45) is 5.92 Å². The Balaban J connectivity index is 2.07. The molecule has 2 rings (SSSR count). The summed E-state index contributed by atoms with van der Waals surface area (Å²) in [5.74, 6) is -0.925. The zero-order valence-electron chi connectivity index (χ0n) is 12.7. The van der Waals surface area contributed by atoms with Gasteiger partial charge in [0.1, 0.15) is 0 Å². The Bertz CT molecular complexity index is 622. The third kappa shape index (κ3) is 3.97. The number of amides is 1. The van der Waals surface area contributed by atoms with Crippen LogP contribution in [0.5, 0.6) is 5.75 Å². The summed E-state index contributed by atoms with van der Waals surface area (Å²) in [4.78, 5) is 35.1. The van der Waals surface area contributed by atoms with Crippen LogP contribution in [0.2, 0.25) is 0 Å². The number of hydrogen-bond acceptors (Lipinski definition) is 5. The van der Waals surface area contributed by atoms with E-state index in [-0.39, 0.29) is 29.7 Å². The second-order valence-corrected chi connectivity index (χ2v) is 5.48. The van der Waals surface area contributed by atoms with Gasteiger partial charge >= 0.3 is 11.7 Å². The SMILES string of the molecule is COc1cc(C(=O)N2CCC(CC(=O)O)CC2)ccc1[N+](=O)[O-]. The number of aliphatic carboxylic acids is 1. The molecule has 23 heavy (non-hydrogen) atoms. The van der Waals surface area contributed by atoms with E-state index < -0.39 is 10.9 Å². The van der Waals surface area contributed by atoms with Crippen LogP contribution < -0.4 is 4.74 Å². The Morgan fingerprint density at radius 3 is 2.57 bits per heavy atom. The molecule has 0 spiro atoms.